The molecule has 27 heavy (non-hydrogen) atoms. The van der Waals surface area contributed by atoms with Crippen LogP contribution < -0.4 is 10.6 Å². The average molecular weight is 389 g/mol. The molecule has 1 aliphatic rings. The SMILES string of the molecule is Cc1cc2c(o1)CC(C)(C)CC2NC(=O)C(NC(=O)c1cccs1)C(C)C. The van der Waals surface area contributed by atoms with Crippen LogP contribution >= 0.6 is 11.3 Å². The number of carbonyl (C=O) groups excluding carboxylic acids is 2. The van der Waals surface area contributed by atoms with Crippen molar-refractivity contribution < 1.29 is 14.0 Å². The molecule has 6 heteroatoms. The van der Waals surface area contributed by atoms with Gasteiger partial charge in [0.1, 0.15) is 17.6 Å². The normalized spacial score (nSPS) is 19.4. The first-order valence-electron chi connectivity index (χ1n) is 9.40. The highest BCUT2D eigenvalue weighted by Crippen LogP contribution is 2.42. The largest absolute Gasteiger partial charge is 0.466 e. The molecule has 0 bridgehead atoms. The highest BCUT2D eigenvalue weighted by atomic mass is 32.1. The van der Waals surface area contributed by atoms with Crippen molar-refractivity contribution in [1.29, 1.82) is 0 Å². The number of fused-ring (bicyclic) bond motifs is 1. The monoisotopic (exact) mass is 388 g/mol. The summed E-state index contributed by atoms with van der Waals surface area (Å²) in [5.74, 6) is 1.45. The lowest BCUT2D eigenvalue weighted by atomic mass is 9.74. The second-order valence-electron chi connectivity index (χ2n) is 8.51. The van der Waals surface area contributed by atoms with Gasteiger partial charge >= 0.3 is 0 Å². The van der Waals surface area contributed by atoms with E-state index in [-0.39, 0.29) is 29.2 Å². The highest BCUT2D eigenvalue weighted by Gasteiger charge is 2.37. The summed E-state index contributed by atoms with van der Waals surface area (Å²) in [5.41, 5.74) is 1.11. The number of rotatable bonds is 5. The Hall–Kier alpha value is -2.08. The predicted molar refractivity (Wildman–Crippen MR) is 107 cm³/mol. The van der Waals surface area contributed by atoms with Crippen LogP contribution in [-0.4, -0.2) is 17.9 Å². The van der Waals surface area contributed by atoms with Crippen molar-refractivity contribution in [3.8, 4) is 0 Å². The molecule has 2 aromatic rings. The van der Waals surface area contributed by atoms with E-state index in [0.717, 1.165) is 29.9 Å². The molecule has 5 nitrogen and oxygen atoms in total. The van der Waals surface area contributed by atoms with Crippen LogP contribution in [0.2, 0.25) is 0 Å². The molecule has 2 aromatic heterocycles. The minimum absolute atomic E-state index is 0.0175. The van der Waals surface area contributed by atoms with E-state index in [0.29, 0.717) is 4.88 Å². The van der Waals surface area contributed by atoms with E-state index in [4.69, 9.17) is 4.42 Å². The Bertz CT molecular complexity index is 821. The number of furan rings is 1. The first-order chi connectivity index (χ1) is 12.7. The number of thiophene rings is 1. The summed E-state index contributed by atoms with van der Waals surface area (Å²) in [6, 6.07) is 4.93. The summed E-state index contributed by atoms with van der Waals surface area (Å²) in [6.07, 6.45) is 1.71. The number of aryl methyl sites for hydroxylation is 1. The second-order valence-corrected chi connectivity index (χ2v) is 9.46. The molecule has 0 aliphatic heterocycles. The molecule has 2 N–H and O–H groups in total. The minimum atomic E-state index is -0.582. The fourth-order valence-electron chi connectivity index (χ4n) is 3.73. The van der Waals surface area contributed by atoms with Crippen molar-refractivity contribution in [2.45, 2.75) is 59.5 Å². The molecular formula is C21H28N2O3S. The lowest BCUT2D eigenvalue weighted by Gasteiger charge is -2.35. The number of carbonyl (C=O) groups is 2. The van der Waals surface area contributed by atoms with Crippen LogP contribution in [0.15, 0.2) is 28.0 Å². The molecule has 2 amide bonds. The third-order valence-electron chi connectivity index (χ3n) is 5.03. The van der Waals surface area contributed by atoms with Gasteiger partial charge in [0.25, 0.3) is 5.91 Å². The predicted octanol–water partition coefficient (Wildman–Crippen LogP) is 4.23. The van der Waals surface area contributed by atoms with E-state index >= 15 is 0 Å². The van der Waals surface area contributed by atoms with E-state index < -0.39 is 6.04 Å². The van der Waals surface area contributed by atoms with Crippen molar-refractivity contribution in [2.75, 3.05) is 0 Å². The molecule has 2 atom stereocenters. The number of hydrogen-bond acceptors (Lipinski definition) is 4. The third kappa shape index (κ3) is 4.43. The second kappa shape index (κ2) is 7.50. The van der Waals surface area contributed by atoms with Crippen LogP contribution in [0.5, 0.6) is 0 Å². The van der Waals surface area contributed by atoms with Crippen LogP contribution in [0, 0.1) is 18.3 Å². The molecule has 3 rings (SSSR count). The van der Waals surface area contributed by atoms with Crippen LogP contribution in [0.3, 0.4) is 0 Å². The van der Waals surface area contributed by atoms with Crippen molar-refractivity contribution in [3.05, 3.63) is 45.5 Å². The quantitative estimate of drug-likeness (QED) is 0.805. The zero-order chi connectivity index (χ0) is 19.8. The van der Waals surface area contributed by atoms with Gasteiger partial charge in [-0.3, -0.25) is 9.59 Å². The lowest BCUT2D eigenvalue weighted by molar-refractivity contribution is -0.125. The molecule has 0 aromatic carbocycles. The minimum Gasteiger partial charge on any atom is -0.466 e. The molecule has 0 saturated heterocycles. The molecule has 146 valence electrons. The molecule has 0 spiro atoms. The van der Waals surface area contributed by atoms with Crippen LogP contribution in [-0.2, 0) is 11.2 Å². The maximum absolute atomic E-state index is 13.0. The number of hydrogen-bond donors (Lipinski definition) is 2. The Labute approximate surface area is 164 Å². The van der Waals surface area contributed by atoms with Gasteiger partial charge in [0.2, 0.25) is 5.91 Å². The Morgan fingerprint density at radius 1 is 1.33 bits per heavy atom. The Morgan fingerprint density at radius 3 is 2.70 bits per heavy atom. The van der Waals surface area contributed by atoms with Crippen LogP contribution in [0.1, 0.15) is 66.9 Å². The van der Waals surface area contributed by atoms with Crippen LogP contribution in [0.25, 0.3) is 0 Å². The van der Waals surface area contributed by atoms with Crippen molar-refractivity contribution in [3.63, 3.8) is 0 Å². The highest BCUT2D eigenvalue weighted by molar-refractivity contribution is 7.12. The van der Waals surface area contributed by atoms with Gasteiger partial charge in [-0.2, -0.15) is 0 Å². The van der Waals surface area contributed by atoms with Gasteiger partial charge in [-0.1, -0.05) is 33.8 Å². The van der Waals surface area contributed by atoms with E-state index in [1.807, 2.05) is 38.3 Å². The zero-order valence-corrected chi connectivity index (χ0v) is 17.4. The molecular weight excluding hydrogens is 360 g/mol. The number of amides is 2. The zero-order valence-electron chi connectivity index (χ0n) is 16.6. The van der Waals surface area contributed by atoms with Gasteiger partial charge < -0.3 is 15.1 Å². The lowest BCUT2D eigenvalue weighted by Crippen LogP contribution is -2.51. The van der Waals surface area contributed by atoms with Gasteiger partial charge in [-0.05, 0) is 42.2 Å². The van der Waals surface area contributed by atoms with Gasteiger partial charge in [-0.25, -0.2) is 0 Å². The molecule has 2 heterocycles. The van der Waals surface area contributed by atoms with Crippen molar-refractivity contribution >= 4 is 23.2 Å². The molecule has 0 saturated carbocycles. The summed E-state index contributed by atoms with van der Waals surface area (Å²) in [5, 5.41) is 7.91. The van der Waals surface area contributed by atoms with E-state index in [1.165, 1.54) is 11.3 Å². The Balaban J connectivity index is 1.76. The molecule has 0 radical (unpaired) electrons. The number of nitrogens with one attached hydrogen (secondary N) is 2. The average Bonchev–Trinajstić information content (AvgIpc) is 3.20. The van der Waals surface area contributed by atoms with Crippen LogP contribution in [0.4, 0.5) is 0 Å². The molecule has 0 fully saturated rings. The van der Waals surface area contributed by atoms with Gasteiger partial charge in [-0.15, -0.1) is 11.3 Å². The fraction of sp³-hybridized carbons (Fsp3) is 0.524. The topological polar surface area (TPSA) is 71.3 Å². The third-order valence-corrected chi connectivity index (χ3v) is 5.90. The van der Waals surface area contributed by atoms with Gasteiger partial charge in [0.05, 0.1) is 10.9 Å². The standard InChI is InChI=1S/C21H28N2O3S/c1-12(2)18(23-19(24)17-7-6-8-27-17)20(25)22-15-10-21(4,5)11-16-14(15)9-13(3)26-16/h6-9,12,15,18H,10-11H2,1-5H3,(H,22,25)(H,23,24). The first-order valence-corrected chi connectivity index (χ1v) is 10.3. The van der Waals surface area contributed by atoms with Gasteiger partial charge in [0.15, 0.2) is 0 Å². The van der Waals surface area contributed by atoms with E-state index in [2.05, 4.69) is 24.5 Å². The summed E-state index contributed by atoms with van der Waals surface area (Å²) in [7, 11) is 0. The maximum Gasteiger partial charge on any atom is 0.262 e. The van der Waals surface area contributed by atoms with E-state index in [1.54, 1.807) is 6.07 Å². The fourth-order valence-corrected chi connectivity index (χ4v) is 4.36. The Kier molecular flexibility index (Phi) is 5.47. The summed E-state index contributed by atoms with van der Waals surface area (Å²) < 4.78 is 5.86. The smallest absolute Gasteiger partial charge is 0.262 e. The van der Waals surface area contributed by atoms with Gasteiger partial charge in [0, 0.05) is 12.0 Å². The molecule has 2 unspecified atom stereocenters. The summed E-state index contributed by atoms with van der Waals surface area (Å²) in [6.45, 7) is 10.2. The van der Waals surface area contributed by atoms with E-state index in [9.17, 15) is 9.59 Å². The van der Waals surface area contributed by atoms with Crippen molar-refractivity contribution in [2.24, 2.45) is 11.3 Å². The Morgan fingerprint density at radius 2 is 2.07 bits per heavy atom. The summed E-state index contributed by atoms with van der Waals surface area (Å²) in [4.78, 5) is 26.1. The maximum atomic E-state index is 13.0. The molecule has 1 aliphatic carbocycles. The summed E-state index contributed by atoms with van der Waals surface area (Å²) >= 11 is 1.37. The van der Waals surface area contributed by atoms with Crippen molar-refractivity contribution in [1.82, 2.24) is 10.6 Å². The first kappa shape index (κ1) is 19.7.